The SMILES string of the molecule is COc1cc2c(c(OC)c1OC)C(=O)c1c(C)cc(C)cc1-2. The Balaban J connectivity index is 2.42. The molecule has 0 N–H and O–H groups in total. The maximum absolute atomic E-state index is 12.9. The van der Waals surface area contributed by atoms with Crippen LogP contribution in [0.4, 0.5) is 0 Å². The molecule has 0 aromatic heterocycles. The summed E-state index contributed by atoms with van der Waals surface area (Å²) in [6.07, 6.45) is 0. The maximum Gasteiger partial charge on any atom is 0.204 e. The molecule has 0 unspecified atom stereocenters. The molecule has 4 nitrogen and oxygen atoms in total. The smallest absolute Gasteiger partial charge is 0.204 e. The van der Waals surface area contributed by atoms with Crippen molar-refractivity contribution >= 4 is 5.78 Å². The first-order chi connectivity index (χ1) is 10.5. The molecular formula is C18H18O4. The molecule has 0 saturated carbocycles. The zero-order valence-electron chi connectivity index (χ0n) is 13.4. The molecule has 0 bridgehead atoms. The molecule has 114 valence electrons. The summed E-state index contributed by atoms with van der Waals surface area (Å²) in [4.78, 5) is 12.9. The van der Waals surface area contributed by atoms with Crippen LogP contribution in [0.25, 0.3) is 11.1 Å². The fourth-order valence-corrected chi connectivity index (χ4v) is 3.20. The van der Waals surface area contributed by atoms with E-state index in [0.717, 1.165) is 27.8 Å². The van der Waals surface area contributed by atoms with Gasteiger partial charge < -0.3 is 14.2 Å². The Morgan fingerprint density at radius 1 is 0.773 bits per heavy atom. The van der Waals surface area contributed by atoms with E-state index in [1.165, 1.54) is 14.2 Å². The average molecular weight is 298 g/mol. The second-order valence-electron chi connectivity index (χ2n) is 5.40. The zero-order chi connectivity index (χ0) is 16.0. The van der Waals surface area contributed by atoms with Crippen molar-refractivity contribution in [1.82, 2.24) is 0 Å². The fourth-order valence-electron chi connectivity index (χ4n) is 3.20. The standard InChI is InChI=1S/C18H18O4/c1-9-6-10(2)14-11(7-9)12-8-13(20-3)17(21-4)18(22-5)15(12)16(14)19/h6-8H,1-5H3. The number of methoxy groups -OCH3 is 3. The van der Waals surface area contributed by atoms with Gasteiger partial charge in [-0.05, 0) is 31.0 Å². The van der Waals surface area contributed by atoms with E-state index in [0.29, 0.717) is 22.8 Å². The summed E-state index contributed by atoms with van der Waals surface area (Å²) in [5.74, 6) is 1.40. The zero-order valence-corrected chi connectivity index (χ0v) is 13.4. The molecule has 3 rings (SSSR count). The highest BCUT2D eigenvalue weighted by Crippen LogP contribution is 2.50. The number of ketones is 1. The first kappa shape index (κ1) is 14.4. The predicted molar refractivity (Wildman–Crippen MR) is 84.4 cm³/mol. The number of carbonyl (C=O) groups excluding carboxylic acids is 1. The number of fused-ring (bicyclic) bond motifs is 3. The quantitative estimate of drug-likeness (QED) is 0.742. The molecule has 22 heavy (non-hydrogen) atoms. The van der Waals surface area contributed by atoms with Gasteiger partial charge in [0, 0.05) is 11.1 Å². The minimum absolute atomic E-state index is 0.0275. The molecule has 0 aliphatic heterocycles. The Hall–Kier alpha value is -2.49. The molecule has 1 aliphatic rings. The van der Waals surface area contributed by atoms with E-state index >= 15 is 0 Å². The van der Waals surface area contributed by atoms with Crippen LogP contribution in [0.3, 0.4) is 0 Å². The highest BCUT2D eigenvalue weighted by Gasteiger charge is 2.35. The monoisotopic (exact) mass is 298 g/mol. The molecule has 1 aliphatic carbocycles. The minimum Gasteiger partial charge on any atom is -0.493 e. The number of hydrogen-bond donors (Lipinski definition) is 0. The van der Waals surface area contributed by atoms with Crippen LogP contribution in [-0.2, 0) is 0 Å². The van der Waals surface area contributed by atoms with Crippen LogP contribution in [-0.4, -0.2) is 27.1 Å². The molecule has 0 amide bonds. The van der Waals surface area contributed by atoms with Crippen molar-refractivity contribution < 1.29 is 19.0 Å². The highest BCUT2D eigenvalue weighted by molar-refractivity contribution is 6.24. The lowest BCUT2D eigenvalue weighted by molar-refractivity contribution is 0.103. The van der Waals surface area contributed by atoms with Gasteiger partial charge in [-0.2, -0.15) is 0 Å². The molecule has 0 atom stereocenters. The second-order valence-corrected chi connectivity index (χ2v) is 5.40. The Labute approximate surface area is 129 Å². The third-order valence-electron chi connectivity index (χ3n) is 4.05. The average Bonchev–Trinajstić information content (AvgIpc) is 2.78. The van der Waals surface area contributed by atoms with Gasteiger partial charge in [0.15, 0.2) is 17.3 Å². The maximum atomic E-state index is 12.9. The highest BCUT2D eigenvalue weighted by atomic mass is 16.5. The predicted octanol–water partition coefficient (Wildman–Crippen LogP) is 3.54. The third-order valence-corrected chi connectivity index (χ3v) is 4.05. The Morgan fingerprint density at radius 3 is 2.00 bits per heavy atom. The van der Waals surface area contributed by atoms with Gasteiger partial charge in [-0.3, -0.25) is 4.79 Å². The summed E-state index contributed by atoms with van der Waals surface area (Å²) in [6, 6.07) is 5.89. The molecule has 2 aromatic carbocycles. The van der Waals surface area contributed by atoms with Crippen molar-refractivity contribution in [3.63, 3.8) is 0 Å². The first-order valence-corrected chi connectivity index (χ1v) is 7.02. The number of aryl methyl sites for hydroxylation is 2. The third kappa shape index (κ3) is 1.80. The van der Waals surface area contributed by atoms with Crippen LogP contribution < -0.4 is 14.2 Å². The molecule has 0 fully saturated rings. The number of carbonyl (C=O) groups is 1. The fraction of sp³-hybridized carbons (Fsp3) is 0.278. The van der Waals surface area contributed by atoms with E-state index in [1.54, 1.807) is 7.11 Å². The van der Waals surface area contributed by atoms with E-state index in [2.05, 4.69) is 0 Å². The van der Waals surface area contributed by atoms with E-state index in [9.17, 15) is 4.79 Å². The Morgan fingerprint density at radius 2 is 1.41 bits per heavy atom. The van der Waals surface area contributed by atoms with Crippen molar-refractivity contribution in [2.24, 2.45) is 0 Å². The van der Waals surface area contributed by atoms with E-state index in [1.807, 2.05) is 32.0 Å². The largest absolute Gasteiger partial charge is 0.493 e. The molecule has 4 heteroatoms. The van der Waals surface area contributed by atoms with Crippen LogP contribution >= 0.6 is 0 Å². The van der Waals surface area contributed by atoms with Gasteiger partial charge in [-0.15, -0.1) is 0 Å². The van der Waals surface area contributed by atoms with Crippen LogP contribution in [0.15, 0.2) is 18.2 Å². The molecule has 0 radical (unpaired) electrons. The van der Waals surface area contributed by atoms with Crippen molar-refractivity contribution in [2.45, 2.75) is 13.8 Å². The van der Waals surface area contributed by atoms with E-state index < -0.39 is 0 Å². The second kappa shape index (κ2) is 5.05. The van der Waals surface area contributed by atoms with Gasteiger partial charge in [-0.1, -0.05) is 17.7 Å². The number of rotatable bonds is 3. The molecule has 0 spiro atoms. The molecule has 0 saturated heterocycles. The van der Waals surface area contributed by atoms with Gasteiger partial charge in [0.25, 0.3) is 0 Å². The lowest BCUT2D eigenvalue weighted by Crippen LogP contribution is -2.03. The summed E-state index contributed by atoms with van der Waals surface area (Å²) in [7, 11) is 4.64. The van der Waals surface area contributed by atoms with Crippen LogP contribution in [0.5, 0.6) is 17.2 Å². The molecule has 2 aromatic rings. The molecule has 0 heterocycles. The minimum atomic E-state index is -0.0275. The summed E-state index contributed by atoms with van der Waals surface area (Å²) in [6.45, 7) is 3.98. The van der Waals surface area contributed by atoms with Gasteiger partial charge >= 0.3 is 0 Å². The van der Waals surface area contributed by atoms with Crippen molar-refractivity contribution in [1.29, 1.82) is 0 Å². The van der Waals surface area contributed by atoms with Crippen molar-refractivity contribution in [3.05, 3.63) is 40.5 Å². The Kier molecular flexibility index (Phi) is 3.32. The summed E-state index contributed by atoms with van der Waals surface area (Å²) < 4.78 is 16.2. The normalized spacial score (nSPS) is 12.0. The van der Waals surface area contributed by atoms with E-state index in [-0.39, 0.29) is 5.78 Å². The summed E-state index contributed by atoms with van der Waals surface area (Å²) in [5, 5.41) is 0. The molecular weight excluding hydrogens is 280 g/mol. The van der Waals surface area contributed by atoms with Crippen LogP contribution in [0, 0.1) is 13.8 Å². The van der Waals surface area contributed by atoms with Gasteiger partial charge in [-0.25, -0.2) is 0 Å². The summed E-state index contributed by atoms with van der Waals surface area (Å²) in [5.41, 5.74) is 5.12. The number of benzene rings is 2. The summed E-state index contributed by atoms with van der Waals surface area (Å²) >= 11 is 0. The first-order valence-electron chi connectivity index (χ1n) is 7.02. The van der Waals surface area contributed by atoms with Gasteiger partial charge in [0.1, 0.15) is 0 Å². The Bertz CT molecular complexity index is 790. The number of hydrogen-bond acceptors (Lipinski definition) is 4. The lowest BCUT2D eigenvalue weighted by Gasteiger charge is -2.15. The van der Waals surface area contributed by atoms with Crippen LogP contribution in [0.1, 0.15) is 27.0 Å². The topological polar surface area (TPSA) is 44.8 Å². The lowest BCUT2D eigenvalue weighted by atomic mass is 9.99. The number of ether oxygens (including phenoxy) is 3. The van der Waals surface area contributed by atoms with Gasteiger partial charge in [0.2, 0.25) is 5.75 Å². The van der Waals surface area contributed by atoms with Crippen molar-refractivity contribution in [2.75, 3.05) is 21.3 Å². The van der Waals surface area contributed by atoms with Gasteiger partial charge in [0.05, 0.1) is 26.9 Å². The van der Waals surface area contributed by atoms with Crippen LogP contribution in [0.2, 0.25) is 0 Å². The van der Waals surface area contributed by atoms with E-state index in [4.69, 9.17) is 14.2 Å². The van der Waals surface area contributed by atoms with Crippen molar-refractivity contribution in [3.8, 4) is 28.4 Å².